The molecule has 1 aromatic carbocycles. The molecule has 0 aliphatic heterocycles. The molecule has 0 spiro atoms. The van der Waals surface area contributed by atoms with Gasteiger partial charge < -0.3 is 10.6 Å². The highest BCUT2D eigenvalue weighted by atomic mass is 19.1. The predicted octanol–water partition coefficient (Wildman–Crippen LogP) is 1.61. The van der Waals surface area contributed by atoms with Crippen LogP contribution in [0.5, 0.6) is 0 Å². The lowest BCUT2D eigenvalue weighted by Gasteiger charge is -2.21. The number of anilines is 1. The fraction of sp³-hybridized carbons (Fsp3) is 0.400. The minimum atomic E-state index is -0.210. The van der Waals surface area contributed by atoms with Gasteiger partial charge in [-0.1, -0.05) is 0 Å². The van der Waals surface area contributed by atoms with Crippen LogP contribution in [-0.2, 0) is 0 Å². The molecule has 0 saturated heterocycles. The molecule has 0 aromatic heterocycles. The molecule has 72 valence electrons. The third kappa shape index (κ3) is 3.03. The summed E-state index contributed by atoms with van der Waals surface area (Å²) in [6.07, 6.45) is 0. The summed E-state index contributed by atoms with van der Waals surface area (Å²) in [7, 11) is 1.94. The highest BCUT2D eigenvalue weighted by Gasteiger charge is 2.02. The van der Waals surface area contributed by atoms with Crippen LogP contribution in [0.1, 0.15) is 6.92 Å². The zero-order valence-electron chi connectivity index (χ0n) is 8.00. The van der Waals surface area contributed by atoms with Crippen LogP contribution in [-0.4, -0.2) is 19.6 Å². The van der Waals surface area contributed by atoms with E-state index in [1.165, 1.54) is 12.1 Å². The molecule has 0 bridgehead atoms. The molecule has 1 aromatic rings. The number of hydrogen-bond donors (Lipinski definition) is 1. The highest BCUT2D eigenvalue weighted by molar-refractivity contribution is 5.45. The van der Waals surface area contributed by atoms with Gasteiger partial charge >= 0.3 is 0 Å². The molecule has 13 heavy (non-hydrogen) atoms. The molecule has 2 nitrogen and oxygen atoms in total. The minimum absolute atomic E-state index is 0.120. The first-order valence-electron chi connectivity index (χ1n) is 4.32. The first-order valence-corrected chi connectivity index (χ1v) is 4.32. The third-order valence-corrected chi connectivity index (χ3v) is 1.83. The van der Waals surface area contributed by atoms with E-state index in [9.17, 15) is 4.39 Å². The molecule has 0 radical (unpaired) electrons. The number of hydrogen-bond acceptors (Lipinski definition) is 2. The van der Waals surface area contributed by atoms with Crippen molar-refractivity contribution in [2.24, 2.45) is 5.73 Å². The summed E-state index contributed by atoms with van der Waals surface area (Å²) >= 11 is 0. The first-order chi connectivity index (χ1) is 6.09. The van der Waals surface area contributed by atoms with Crippen molar-refractivity contribution in [2.75, 3.05) is 18.5 Å². The molecular formula is C10H15FN2. The Kier molecular flexibility index (Phi) is 3.25. The second-order valence-corrected chi connectivity index (χ2v) is 3.33. The van der Waals surface area contributed by atoms with Gasteiger partial charge in [0.15, 0.2) is 0 Å². The Morgan fingerprint density at radius 3 is 2.38 bits per heavy atom. The van der Waals surface area contributed by atoms with Gasteiger partial charge in [-0.15, -0.1) is 0 Å². The lowest BCUT2D eigenvalue weighted by molar-refractivity contribution is 0.627. The fourth-order valence-corrected chi connectivity index (χ4v) is 1.23. The molecule has 1 unspecified atom stereocenters. The second kappa shape index (κ2) is 4.23. The van der Waals surface area contributed by atoms with Gasteiger partial charge in [0.25, 0.3) is 0 Å². The van der Waals surface area contributed by atoms with Crippen LogP contribution < -0.4 is 10.6 Å². The Morgan fingerprint density at radius 1 is 1.38 bits per heavy atom. The van der Waals surface area contributed by atoms with Crippen molar-refractivity contribution in [2.45, 2.75) is 13.0 Å². The van der Waals surface area contributed by atoms with Crippen molar-refractivity contribution in [3.8, 4) is 0 Å². The largest absolute Gasteiger partial charge is 0.373 e. The summed E-state index contributed by atoms with van der Waals surface area (Å²) in [5.41, 5.74) is 6.63. The molecule has 3 heteroatoms. The molecule has 1 atom stereocenters. The maximum Gasteiger partial charge on any atom is 0.123 e. The van der Waals surface area contributed by atoms with Gasteiger partial charge in [-0.3, -0.25) is 0 Å². The number of halogens is 1. The average Bonchev–Trinajstić information content (AvgIpc) is 2.04. The summed E-state index contributed by atoms with van der Waals surface area (Å²) < 4.78 is 12.6. The topological polar surface area (TPSA) is 29.3 Å². The molecule has 1 rings (SSSR count). The van der Waals surface area contributed by atoms with E-state index in [1.807, 2.05) is 18.9 Å². The Labute approximate surface area is 78.2 Å². The fourth-order valence-electron chi connectivity index (χ4n) is 1.23. The normalized spacial score (nSPS) is 12.6. The van der Waals surface area contributed by atoms with Crippen LogP contribution in [0.3, 0.4) is 0 Å². The standard InChI is InChI=1S/C10H15FN2/c1-8(12)7-13(2)10-5-3-9(11)4-6-10/h3-6,8H,7,12H2,1-2H3. The van der Waals surface area contributed by atoms with Crippen LogP contribution >= 0.6 is 0 Å². The summed E-state index contributed by atoms with van der Waals surface area (Å²) in [6.45, 7) is 2.71. The van der Waals surface area contributed by atoms with Crippen molar-refractivity contribution in [3.05, 3.63) is 30.1 Å². The van der Waals surface area contributed by atoms with Gasteiger partial charge in [-0.25, -0.2) is 4.39 Å². The van der Waals surface area contributed by atoms with Crippen LogP contribution in [0.15, 0.2) is 24.3 Å². The van der Waals surface area contributed by atoms with Crippen molar-refractivity contribution in [1.82, 2.24) is 0 Å². The molecule has 0 fully saturated rings. The van der Waals surface area contributed by atoms with Gasteiger partial charge in [-0.2, -0.15) is 0 Å². The minimum Gasteiger partial charge on any atom is -0.373 e. The van der Waals surface area contributed by atoms with Gasteiger partial charge in [0, 0.05) is 25.3 Å². The van der Waals surface area contributed by atoms with Crippen LogP contribution in [0.25, 0.3) is 0 Å². The predicted molar refractivity (Wildman–Crippen MR) is 53.3 cm³/mol. The Balaban J connectivity index is 2.66. The van der Waals surface area contributed by atoms with Gasteiger partial charge in [0.1, 0.15) is 5.82 Å². The van der Waals surface area contributed by atoms with E-state index in [1.54, 1.807) is 12.1 Å². The number of benzene rings is 1. The summed E-state index contributed by atoms with van der Waals surface area (Å²) in [4.78, 5) is 2.00. The lowest BCUT2D eigenvalue weighted by atomic mass is 10.2. The van der Waals surface area contributed by atoms with Crippen LogP contribution in [0, 0.1) is 5.82 Å². The number of nitrogens with two attached hydrogens (primary N) is 1. The Morgan fingerprint density at radius 2 is 1.92 bits per heavy atom. The van der Waals surface area contributed by atoms with E-state index < -0.39 is 0 Å². The number of nitrogens with zero attached hydrogens (tertiary/aromatic N) is 1. The van der Waals surface area contributed by atoms with E-state index in [4.69, 9.17) is 5.73 Å². The zero-order valence-corrected chi connectivity index (χ0v) is 8.00. The van der Waals surface area contributed by atoms with Crippen molar-refractivity contribution in [1.29, 1.82) is 0 Å². The van der Waals surface area contributed by atoms with Crippen molar-refractivity contribution in [3.63, 3.8) is 0 Å². The third-order valence-electron chi connectivity index (χ3n) is 1.83. The summed E-state index contributed by atoms with van der Waals surface area (Å²) in [5.74, 6) is -0.210. The maximum absolute atomic E-state index is 12.6. The van der Waals surface area contributed by atoms with Crippen LogP contribution in [0.4, 0.5) is 10.1 Å². The van der Waals surface area contributed by atoms with E-state index in [0.717, 1.165) is 12.2 Å². The van der Waals surface area contributed by atoms with Crippen molar-refractivity contribution < 1.29 is 4.39 Å². The zero-order chi connectivity index (χ0) is 9.84. The van der Waals surface area contributed by atoms with E-state index in [-0.39, 0.29) is 11.9 Å². The van der Waals surface area contributed by atoms with Gasteiger partial charge in [-0.05, 0) is 31.2 Å². The molecule has 0 amide bonds. The van der Waals surface area contributed by atoms with Crippen molar-refractivity contribution >= 4 is 5.69 Å². The number of rotatable bonds is 3. The van der Waals surface area contributed by atoms with Gasteiger partial charge in [0.2, 0.25) is 0 Å². The maximum atomic E-state index is 12.6. The first kappa shape index (κ1) is 9.99. The monoisotopic (exact) mass is 182 g/mol. The molecule has 0 aliphatic rings. The molecular weight excluding hydrogens is 167 g/mol. The quantitative estimate of drug-likeness (QED) is 0.769. The highest BCUT2D eigenvalue weighted by Crippen LogP contribution is 2.12. The lowest BCUT2D eigenvalue weighted by Crippen LogP contribution is -2.32. The molecule has 0 aliphatic carbocycles. The second-order valence-electron chi connectivity index (χ2n) is 3.33. The van der Waals surface area contributed by atoms with E-state index in [2.05, 4.69) is 0 Å². The van der Waals surface area contributed by atoms with Gasteiger partial charge in [0.05, 0.1) is 0 Å². The average molecular weight is 182 g/mol. The molecule has 0 heterocycles. The smallest absolute Gasteiger partial charge is 0.123 e. The van der Waals surface area contributed by atoms with E-state index >= 15 is 0 Å². The number of likely N-dealkylation sites (N-methyl/N-ethyl adjacent to an activating group) is 1. The summed E-state index contributed by atoms with van der Waals surface area (Å²) in [6, 6.07) is 6.52. The summed E-state index contributed by atoms with van der Waals surface area (Å²) in [5, 5.41) is 0. The van der Waals surface area contributed by atoms with Crippen LogP contribution in [0.2, 0.25) is 0 Å². The molecule has 2 N–H and O–H groups in total. The Hall–Kier alpha value is -1.09. The Bertz CT molecular complexity index is 256. The molecule has 0 saturated carbocycles. The van der Waals surface area contributed by atoms with E-state index in [0.29, 0.717) is 0 Å². The SMILES string of the molecule is CC(N)CN(C)c1ccc(F)cc1.